The van der Waals surface area contributed by atoms with Gasteiger partial charge in [0.05, 0.1) is 6.10 Å². The molecule has 2 N–H and O–H groups in total. The Morgan fingerprint density at radius 1 is 1.45 bits per heavy atom. The lowest BCUT2D eigenvalue weighted by Crippen LogP contribution is -2.48. The van der Waals surface area contributed by atoms with Crippen molar-refractivity contribution >= 4 is 0 Å². The Hall–Kier alpha value is -0.0800. The highest BCUT2D eigenvalue weighted by Crippen LogP contribution is 2.16. The van der Waals surface area contributed by atoms with Gasteiger partial charge in [-0.15, -0.1) is 0 Å². The summed E-state index contributed by atoms with van der Waals surface area (Å²) < 4.78 is 0. The van der Waals surface area contributed by atoms with Crippen molar-refractivity contribution in [3.05, 3.63) is 0 Å². The second-order valence-corrected chi connectivity index (χ2v) is 3.59. The molecule has 0 aromatic rings. The monoisotopic (exact) mass is 157 g/mol. The van der Waals surface area contributed by atoms with Gasteiger partial charge in [-0.25, -0.2) is 0 Å². The molecular weight excluding hydrogens is 138 g/mol. The second-order valence-electron chi connectivity index (χ2n) is 3.59. The van der Waals surface area contributed by atoms with Gasteiger partial charge in [0, 0.05) is 12.1 Å². The molecule has 2 heteroatoms. The van der Waals surface area contributed by atoms with Crippen LogP contribution >= 0.6 is 0 Å². The zero-order valence-corrected chi connectivity index (χ0v) is 7.51. The Morgan fingerprint density at radius 2 is 2.18 bits per heavy atom. The van der Waals surface area contributed by atoms with Crippen molar-refractivity contribution in [2.24, 2.45) is 0 Å². The van der Waals surface area contributed by atoms with Gasteiger partial charge in [-0.05, 0) is 26.2 Å². The molecule has 0 aromatic heterocycles. The quantitative estimate of drug-likeness (QED) is 0.633. The largest absolute Gasteiger partial charge is 0.392 e. The third-order valence-electron chi connectivity index (χ3n) is 2.52. The number of nitrogens with one attached hydrogen (secondary N) is 1. The molecule has 1 rings (SSSR count). The number of aliphatic hydroxyl groups excluding tert-OH is 1. The molecule has 3 unspecified atom stereocenters. The van der Waals surface area contributed by atoms with E-state index in [1.54, 1.807) is 0 Å². The summed E-state index contributed by atoms with van der Waals surface area (Å²) in [5, 5.41) is 12.8. The first-order chi connectivity index (χ1) is 5.24. The van der Waals surface area contributed by atoms with Crippen LogP contribution < -0.4 is 5.32 Å². The molecule has 0 aliphatic carbocycles. The molecule has 3 atom stereocenters. The minimum atomic E-state index is -0.122. The fourth-order valence-corrected chi connectivity index (χ4v) is 1.76. The van der Waals surface area contributed by atoms with E-state index in [9.17, 15) is 5.11 Å². The lowest BCUT2D eigenvalue weighted by Gasteiger charge is -2.32. The van der Waals surface area contributed by atoms with Crippen LogP contribution in [-0.4, -0.2) is 23.3 Å². The molecule has 0 saturated carbocycles. The van der Waals surface area contributed by atoms with E-state index in [4.69, 9.17) is 0 Å². The van der Waals surface area contributed by atoms with E-state index in [1.807, 2.05) is 0 Å². The van der Waals surface area contributed by atoms with Crippen LogP contribution in [0.3, 0.4) is 0 Å². The molecule has 0 bridgehead atoms. The Bertz CT molecular complexity index is 116. The van der Waals surface area contributed by atoms with E-state index in [-0.39, 0.29) is 6.10 Å². The fraction of sp³-hybridized carbons (Fsp3) is 1.00. The van der Waals surface area contributed by atoms with Crippen molar-refractivity contribution < 1.29 is 5.11 Å². The molecule has 0 amide bonds. The molecule has 1 aliphatic rings. The molecule has 1 fully saturated rings. The zero-order chi connectivity index (χ0) is 8.27. The molecule has 1 saturated heterocycles. The summed E-state index contributed by atoms with van der Waals surface area (Å²) in [6.45, 7) is 4.27. The van der Waals surface area contributed by atoms with Crippen molar-refractivity contribution in [1.29, 1.82) is 0 Å². The van der Waals surface area contributed by atoms with Crippen LogP contribution in [0.2, 0.25) is 0 Å². The molecule has 11 heavy (non-hydrogen) atoms. The molecule has 1 aliphatic heterocycles. The molecule has 66 valence electrons. The standard InChI is InChI=1S/C9H19NO/c1-3-4-8-5-6-9(11)7(2)10-8/h7-11H,3-6H2,1-2H3. The van der Waals surface area contributed by atoms with Crippen LogP contribution in [0.4, 0.5) is 0 Å². The van der Waals surface area contributed by atoms with Crippen LogP contribution in [0, 0.1) is 0 Å². The molecule has 0 aromatic carbocycles. The number of rotatable bonds is 2. The first-order valence-corrected chi connectivity index (χ1v) is 4.68. The summed E-state index contributed by atoms with van der Waals surface area (Å²) in [4.78, 5) is 0. The van der Waals surface area contributed by atoms with Crippen LogP contribution in [-0.2, 0) is 0 Å². The second kappa shape index (κ2) is 4.07. The number of hydrogen-bond donors (Lipinski definition) is 2. The van der Waals surface area contributed by atoms with Gasteiger partial charge in [-0.1, -0.05) is 13.3 Å². The fourth-order valence-electron chi connectivity index (χ4n) is 1.76. The summed E-state index contributed by atoms with van der Waals surface area (Å²) in [5.74, 6) is 0. The third-order valence-corrected chi connectivity index (χ3v) is 2.52. The van der Waals surface area contributed by atoms with Crippen molar-refractivity contribution in [3.8, 4) is 0 Å². The smallest absolute Gasteiger partial charge is 0.0691 e. The average Bonchev–Trinajstić information content (AvgIpc) is 1.98. The lowest BCUT2D eigenvalue weighted by atomic mass is 9.94. The van der Waals surface area contributed by atoms with E-state index in [0.29, 0.717) is 12.1 Å². The van der Waals surface area contributed by atoms with Crippen molar-refractivity contribution in [2.75, 3.05) is 0 Å². The Morgan fingerprint density at radius 3 is 2.73 bits per heavy atom. The van der Waals surface area contributed by atoms with Crippen molar-refractivity contribution in [2.45, 2.75) is 57.7 Å². The van der Waals surface area contributed by atoms with Gasteiger partial charge >= 0.3 is 0 Å². The molecule has 0 radical (unpaired) electrons. The topological polar surface area (TPSA) is 32.3 Å². The average molecular weight is 157 g/mol. The van der Waals surface area contributed by atoms with E-state index in [2.05, 4.69) is 19.2 Å². The summed E-state index contributed by atoms with van der Waals surface area (Å²) in [6.07, 6.45) is 4.47. The van der Waals surface area contributed by atoms with Gasteiger partial charge in [-0.2, -0.15) is 0 Å². The van der Waals surface area contributed by atoms with Crippen LogP contribution in [0.5, 0.6) is 0 Å². The minimum absolute atomic E-state index is 0.122. The van der Waals surface area contributed by atoms with Crippen molar-refractivity contribution in [3.63, 3.8) is 0 Å². The maximum Gasteiger partial charge on any atom is 0.0691 e. The Balaban J connectivity index is 2.28. The molecule has 2 nitrogen and oxygen atoms in total. The first kappa shape index (κ1) is 9.01. The van der Waals surface area contributed by atoms with Crippen LogP contribution in [0.25, 0.3) is 0 Å². The summed E-state index contributed by atoms with van der Waals surface area (Å²) in [7, 11) is 0. The SMILES string of the molecule is CCCC1CCC(O)C(C)N1. The lowest BCUT2D eigenvalue weighted by molar-refractivity contribution is 0.0853. The number of aliphatic hydroxyl groups is 1. The van der Waals surface area contributed by atoms with E-state index >= 15 is 0 Å². The first-order valence-electron chi connectivity index (χ1n) is 4.68. The highest BCUT2D eigenvalue weighted by Gasteiger charge is 2.23. The molecular formula is C9H19NO. The van der Waals surface area contributed by atoms with Gasteiger partial charge in [0.15, 0.2) is 0 Å². The third kappa shape index (κ3) is 2.46. The number of hydrogen-bond acceptors (Lipinski definition) is 2. The zero-order valence-electron chi connectivity index (χ0n) is 7.51. The molecule has 1 heterocycles. The van der Waals surface area contributed by atoms with Gasteiger partial charge in [-0.3, -0.25) is 0 Å². The van der Waals surface area contributed by atoms with Gasteiger partial charge in [0.2, 0.25) is 0 Å². The maximum atomic E-state index is 9.40. The Kier molecular flexibility index (Phi) is 3.34. The van der Waals surface area contributed by atoms with Crippen molar-refractivity contribution in [1.82, 2.24) is 5.32 Å². The minimum Gasteiger partial charge on any atom is -0.392 e. The summed E-state index contributed by atoms with van der Waals surface area (Å²) in [6, 6.07) is 0.943. The van der Waals surface area contributed by atoms with Gasteiger partial charge in [0.1, 0.15) is 0 Å². The predicted octanol–water partition coefficient (Wildman–Crippen LogP) is 1.29. The van der Waals surface area contributed by atoms with Gasteiger partial charge < -0.3 is 10.4 Å². The van der Waals surface area contributed by atoms with Gasteiger partial charge in [0.25, 0.3) is 0 Å². The highest BCUT2D eigenvalue weighted by atomic mass is 16.3. The molecule has 0 spiro atoms. The van der Waals surface area contributed by atoms with Crippen LogP contribution in [0.15, 0.2) is 0 Å². The van der Waals surface area contributed by atoms with Crippen LogP contribution in [0.1, 0.15) is 39.5 Å². The highest BCUT2D eigenvalue weighted by molar-refractivity contribution is 4.83. The number of piperidine rings is 1. The van der Waals surface area contributed by atoms with E-state index in [0.717, 1.165) is 12.8 Å². The summed E-state index contributed by atoms with van der Waals surface area (Å²) >= 11 is 0. The predicted molar refractivity (Wildman–Crippen MR) is 46.5 cm³/mol. The van der Waals surface area contributed by atoms with E-state index < -0.39 is 0 Å². The normalized spacial score (nSPS) is 39.0. The Labute approximate surface area is 69.0 Å². The maximum absolute atomic E-state index is 9.40. The van der Waals surface area contributed by atoms with E-state index in [1.165, 1.54) is 12.8 Å². The summed E-state index contributed by atoms with van der Waals surface area (Å²) in [5.41, 5.74) is 0.